The fraction of sp³-hybridized carbons (Fsp3) is 0.750. The van der Waals surface area contributed by atoms with Gasteiger partial charge < -0.3 is 5.73 Å². The Hall–Kier alpha value is -0.540. The molecule has 3 N–H and O–H groups in total. The molecule has 2 rings (SSSR count). The average molecular weight is 318 g/mol. The summed E-state index contributed by atoms with van der Waals surface area (Å²) in [6.07, 6.45) is 5.51. The minimum absolute atomic E-state index is 0.0799. The first-order valence-corrected chi connectivity index (χ1v) is 9.22. The maximum Gasteiger partial charge on any atom is 0.280 e. The zero-order valence-corrected chi connectivity index (χ0v) is 13.3. The molecule has 1 aliphatic rings. The monoisotopic (exact) mass is 318 g/mol. The first kappa shape index (κ1) is 15.8. The second-order valence-electron chi connectivity index (χ2n) is 4.90. The van der Waals surface area contributed by atoms with Gasteiger partial charge in [-0.2, -0.15) is 17.4 Å². The van der Waals surface area contributed by atoms with Crippen LogP contribution in [0, 0.1) is 0 Å². The van der Waals surface area contributed by atoms with Crippen molar-refractivity contribution >= 4 is 21.5 Å². The van der Waals surface area contributed by atoms with Crippen LogP contribution in [-0.4, -0.2) is 36.8 Å². The number of nitrogens with one attached hydrogen (secondary N) is 1. The molecule has 1 aromatic rings. The molecule has 20 heavy (non-hydrogen) atoms. The van der Waals surface area contributed by atoms with E-state index in [1.54, 1.807) is 17.5 Å². The number of rotatable bonds is 6. The largest absolute Gasteiger partial charge is 0.329 e. The molecule has 1 fully saturated rings. The molecule has 0 amide bonds. The molecule has 1 saturated heterocycles. The van der Waals surface area contributed by atoms with E-state index in [2.05, 4.69) is 16.6 Å². The smallest absolute Gasteiger partial charge is 0.280 e. The van der Waals surface area contributed by atoms with Crippen molar-refractivity contribution in [3.63, 3.8) is 0 Å². The van der Waals surface area contributed by atoms with Gasteiger partial charge in [0.1, 0.15) is 5.01 Å². The lowest BCUT2D eigenvalue weighted by molar-refractivity contribution is 0.254. The molecule has 0 saturated carbocycles. The maximum absolute atomic E-state index is 12.3. The minimum atomic E-state index is -3.47. The lowest BCUT2D eigenvalue weighted by Gasteiger charge is -2.33. The highest BCUT2D eigenvalue weighted by Gasteiger charge is 2.31. The Bertz CT molecular complexity index is 529. The van der Waals surface area contributed by atoms with Crippen molar-refractivity contribution in [1.29, 1.82) is 0 Å². The predicted molar refractivity (Wildman–Crippen MR) is 80.7 cm³/mol. The Morgan fingerprint density at radius 1 is 1.55 bits per heavy atom. The van der Waals surface area contributed by atoms with E-state index in [0.29, 0.717) is 13.1 Å². The summed E-state index contributed by atoms with van der Waals surface area (Å²) in [6, 6.07) is -0.0799. The number of aromatic nitrogens is 1. The van der Waals surface area contributed by atoms with Gasteiger partial charge in [-0.1, -0.05) is 13.3 Å². The molecule has 6 nitrogen and oxygen atoms in total. The van der Waals surface area contributed by atoms with Gasteiger partial charge in [0.25, 0.3) is 10.2 Å². The standard InChI is InChI=1S/C12H22N4O2S2/c1-2-11-8-14-12(19-11)9-15-20(17,18)16-6-4-3-5-10(16)7-13/h8,10,15H,2-7,9,13H2,1H3. The Balaban J connectivity index is 1.99. The SMILES string of the molecule is CCc1cnc(CNS(=O)(=O)N2CCCCC2CN)s1. The van der Waals surface area contributed by atoms with E-state index in [0.717, 1.165) is 35.6 Å². The molecule has 0 aromatic carbocycles. The van der Waals surface area contributed by atoms with Crippen LogP contribution in [0.4, 0.5) is 0 Å². The van der Waals surface area contributed by atoms with Crippen LogP contribution in [0.15, 0.2) is 6.20 Å². The fourth-order valence-corrected chi connectivity index (χ4v) is 4.69. The highest BCUT2D eigenvalue weighted by atomic mass is 32.2. The van der Waals surface area contributed by atoms with Crippen LogP contribution in [0.5, 0.6) is 0 Å². The van der Waals surface area contributed by atoms with Crippen LogP contribution in [0.2, 0.25) is 0 Å². The van der Waals surface area contributed by atoms with Crippen LogP contribution < -0.4 is 10.5 Å². The summed E-state index contributed by atoms with van der Waals surface area (Å²) in [7, 11) is -3.47. The molecule has 2 heterocycles. The van der Waals surface area contributed by atoms with E-state index in [9.17, 15) is 8.42 Å². The molecular formula is C12H22N4O2S2. The van der Waals surface area contributed by atoms with Gasteiger partial charge >= 0.3 is 0 Å². The van der Waals surface area contributed by atoms with Crippen molar-refractivity contribution in [2.24, 2.45) is 5.73 Å². The van der Waals surface area contributed by atoms with Crippen molar-refractivity contribution in [3.05, 3.63) is 16.1 Å². The topological polar surface area (TPSA) is 88.3 Å². The number of thiazole rings is 1. The maximum atomic E-state index is 12.3. The fourth-order valence-electron chi connectivity index (χ4n) is 2.36. The first-order chi connectivity index (χ1) is 9.56. The number of nitrogens with zero attached hydrogens (tertiary/aromatic N) is 2. The molecule has 0 bridgehead atoms. The molecule has 0 radical (unpaired) electrons. The van der Waals surface area contributed by atoms with E-state index in [4.69, 9.17) is 5.73 Å². The van der Waals surface area contributed by atoms with E-state index < -0.39 is 10.2 Å². The number of hydrogen-bond acceptors (Lipinski definition) is 5. The minimum Gasteiger partial charge on any atom is -0.329 e. The van der Waals surface area contributed by atoms with E-state index in [1.807, 2.05) is 0 Å². The summed E-state index contributed by atoms with van der Waals surface area (Å²) in [5, 5.41) is 0.798. The highest BCUT2D eigenvalue weighted by molar-refractivity contribution is 7.87. The van der Waals surface area contributed by atoms with Crippen LogP contribution in [-0.2, 0) is 23.2 Å². The number of nitrogens with two attached hydrogens (primary N) is 1. The van der Waals surface area contributed by atoms with Crippen molar-refractivity contribution in [3.8, 4) is 0 Å². The predicted octanol–water partition coefficient (Wildman–Crippen LogP) is 0.853. The Labute approximate surface area is 124 Å². The molecule has 0 aliphatic carbocycles. The summed E-state index contributed by atoms with van der Waals surface area (Å²) >= 11 is 1.55. The Kier molecular flexibility index (Phi) is 5.50. The highest BCUT2D eigenvalue weighted by Crippen LogP contribution is 2.19. The van der Waals surface area contributed by atoms with E-state index in [-0.39, 0.29) is 12.6 Å². The van der Waals surface area contributed by atoms with Crippen LogP contribution in [0.3, 0.4) is 0 Å². The second kappa shape index (κ2) is 6.95. The molecule has 0 spiro atoms. The Morgan fingerprint density at radius 2 is 2.35 bits per heavy atom. The van der Waals surface area contributed by atoms with Gasteiger partial charge in [0, 0.05) is 30.2 Å². The molecular weight excluding hydrogens is 296 g/mol. The summed E-state index contributed by atoms with van der Waals surface area (Å²) in [5.41, 5.74) is 5.67. The van der Waals surface area contributed by atoms with Crippen molar-refractivity contribution in [2.75, 3.05) is 13.1 Å². The summed E-state index contributed by atoms with van der Waals surface area (Å²) in [4.78, 5) is 5.39. The quantitative estimate of drug-likeness (QED) is 0.814. The number of piperidine rings is 1. The van der Waals surface area contributed by atoms with Gasteiger partial charge in [-0.25, -0.2) is 4.98 Å². The lowest BCUT2D eigenvalue weighted by Crippen LogP contribution is -2.51. The molecule has 1 unspecified atom stereocenters. The summed E-state index contributed by atoms with van der Waals surface area (Å²) in [5.74, 6) is 0. The molecule has 114 valence electrons. The Morgan fingerprint density at radius 3 is 3.00 bits per heavy atom. The van der Waals surface area contributed by atoms with Gasteiger partial charge in [0.15, 0.2) is 0 Å². The zero-order chi connectivity index (χ0) is 14.6. The van der Waals surface area contributed by atoms with Gasteiger partial charge in [0.2, 0.25) is 0 Å². The van der Waals surface area contributed by atoms with E-state index in [1.165, 1.54) is 4.31 Å². The van der Waals surface area contributed by atoms with Crippen molar-refractivity contribution < 1.29 is 8.42 Å². The third-order valence-electron chi connectivity index (χ3n) is 3.51. The first-order valence-electron chi connectivity index (χ1n) is 6.97. The molecule has 8 heteroatoms. The lowest BCUT2D eigenvalue weighted by atomic mass is 10.1. The van der Waals surface area contributed by atoms with Crippen LogP contribution >= 0.6 is 11.3 Å². The van der Waals surface area contributed by atoms with Crippen molar-refractivity contribution in [2.45, 2.75) is 45.2 Å². The second-order valence-corrected chi connectivity index (χ2v) is 7.80. The van der Waals surface area contributed by atoms with Gasteiger partial charge in [-0.05, 0) is 19.3 Å². The number of aryl methyl sites for hydroxylation is 1. The molecule has 1 atom stereocenters. The third kappa shape index (κ3) is 3.76. The summed E-state index contributed by atoms with van der Waals surface area (Å²) < 4.78 is 28.8. The van der Waals surface area contributed by atoms with Gasteiger partial charge in [-0.15, -0.1) is 11.3 Å². The number of hydrogen-bond donors (Lipinski definition) is 2. The average Bonchev–Trinajstić information content (AvgIpc) is 2.93. The van der Waals surface area contributed by atoms with E-state index >= 15 is 0 Å². The summed E-state index contributed by atoms with van der Waals surface area (Å²) in [6.45, 7) is 3.23. The van der Waals surface area contributed by atoms with Crippen LogP contribution in [0.1, 0.15) is 36.1 Å². The van der Waals surface area contributed by atoms with Crippen molar-refractivity contribution in [1.82, 2.24) is 14.0 Å². The van der Waals surface area contributed by atoms with Gasteiger partial charge in [0.05, 0.1) is 6.54 Å². The normalized spacial score (nSPS) is 21.2. The third-order valence-corrected chi connectivity index (χ3v) is 6.26. The molecule has 1 aliphatic heterocycles. The zero-order valence-electron chi connectivity index (χ0n) is 11.7. The van der Waals surface area contributed by atoms with Gasteiger partial charge in [-0.3, -0.25) is 0 Å². The van der Waals surface area contributed by atoms with Crippen LogP contribution in [0.25, 0.3) is 0 Å². The molecule has 1 aromatic heterocycles.